The van der Waals surface area contributed by atoms with Gasteiger partial charge in [-0.3, -0.25) is 0 Å². The molecule has 0 saturated carbocycles. The molecule has 0 aromatic heterocycles. The molecule has 0 unspecified atom stereocenters. The first-order valence-corrected chi connectivity index (χ1v) is 3.20. The van der Waals surface area contributed by atoms with Crippen LogP contribution in [0.3, 0.4) is 0 Å². The van der Waals surface area contributed by atoms with Crippen LogP contribution in [0.5, 0.6) is 0 Å². The van der Waals surface area contributed by atoms with Crippen molar-refractivity contribution in [3.8, 4) is 0 Å². The molecule has 0 aromatic carbocycles. The van der Waals surface area contributed by atoms with Crippen LogP contribution in [0.1, 0.15) is 0 Å². The van der Waals surface area contributed by atoms with Crippen LogP contribution in [-0.4, -0.2) is 139 Å². The third-order valence-corrected chi connectivity index (χ3v) is 0.500. The van der Waals surface area contributed by atoms with Crippen molar-refractivity contribution >= 4 is 139 Å². The summed E-state index contributed by atoms with van der Waals surface area (Å²) in [5.74, 6) is -13.1. The molecule has 0 aliphatic heterocycles. The van der Waals surface area contributed by atoms with E-state index in [1.165, 1.54) is 0 Å². The van der Waals surface area contributed by atoms with Crippen molar-refractivity contribution in [1.29, 1.82) is 0 Å². The van der Waals surface area contributed by atoms with Gasteiger partial charge in [-0.25, -0.2) is 0 Å². The second-order valence-electron chi connectivity index (χ2n) is 1.72. The Balaban J connectivity index is -0.0000000536. The van der Waals surface area contributed by atoms with E-state index in [0.717, 1.165) is 0 Å². The van der Waals surface area contributed by atoms with E-state index in [1.807, 2.05) is 0 Å². The Labute approximate surface area is 194 Å². The Bertz CT molecular complexity index is 281. The molecule has 0 saturated heterocycles. The average molecular weight is 342 g/mol. The van der Waals surface area contributed by atoms with E-state index in [0.29, 0.717) is 0 Å². The number of carboxylic acid groups (broad SMARTS) is 6. The van der Waals surface area contributed by atoms with Crippen molar-refractivity contribution in [2.45, 2.75) is 0 Å². The number of hydrogen-bond donors (Lipinski definition) is 0. The van der Waals surface area contributed by atoms with Crippen LogP contribution in [0.25, 0.3) is 0 Å². The predicted octanol–water partition coefficient (Wildman–Crippen LogP) is -11.3. The fourth-order valence-electron chi connectivity index (χ4n) is 0. The summed E-state index contributed by atoms with van der Waals surface area (Å²) < 4.78 is 0. The van der Waals surface area contributed by atoms with E-state index < -0.39 is 35.8 Å². The zero-order valence-corrected chi connectivity index (χ0v) is 16.1. The largest absolute Gasteiger partial charge is 3.00 e. The molecule has 98 valence electrons. The first kappa shape index (κ1) is 32.2. The molecule has 0 spiro atoms. The van der Waals surface area contributed by atoms with Gasteiger partial charge in [0.1, 0.15) is 0 Å². The molecule has 0 N–H and O–H groups in total. The third kappa shape index (κ3) is 36.1. The molecule has 0 bridgehead atoms. The predicted molar refractivity (Wildman–Crippen MR) is 41.5 cm³/mol. The first-order chi connectivity index (χ1) is 7.93. The minimum atomic E-state index is -2.19. The summed E-state index contributed by atoms with van der Waals surface area (Å²) >= 11 is 0. The maximum atomic E-state index is 8.93. The molecule has 0 heterocycles. The van der Waals surface area contributed by atoms with Crippen molar-refractivity contribution in [1.82, 2.24) is 0 Å². The van der Waals surface area contributed by atoms with Crippen molar-refractivity contribution in [3.05, 3.63) is 0 Å². The normalized spacial score (nSPS) is 6.60. The van der Waals surface area contributed by atoms with Crippen LogP contribution in [0.2, 0.25) is 0 Å². The monoisotopic (exact) mass is 342 g/mol. The molecule has 0 atom stereocenters. The van der Waals surface area contributed by atoms with Gasteiger partial charge in [-0.05, 0) is 0 Å². The summed E-state index contributed by atoms with van der Waals surface area (Å²) in [5.41, 5.74) is 0. The molecule has 20 heavy (non-hydrogen) atoms. The number of carbonyl (C=O) groups is 6. The fourth-order valence-corrected chi connectivity index (χ4v) is 0. The van der Waals surface area contributed by atoms with Crippen LogP contribution in [0, 0.1) is 0 Å². The standard InChI is InChI=1S/3C2H2O4.2K/c3*3-1(4)2(5)6;;/h3*(H,3,4)(H,5,6);;/q;;;2*+3/p-6. The molecule has 20 radical (unpaired) electrons. The van der Waals surface area contributed by atoms with Gasteiger partial charge in [0, 0.05) is 0 Å². The molecule has 0 aliphatic carbocycles. The van der Waals surface area contributed by atoms with Crippen molar-refractivity contribution in [2.24, 2.45) is 0 Å². The van der Waals surface area contributed by atoms with Gasteiger partial charge in [-0.2, -0.15) is 0 Å². The molecule has 0 aliphatic rings. The van der Waals surface area contributed by atoms with Gasteiger partial charge >= 0.3 is 103 Å². The number of aliphatic carboxylic acids is 6. The van der Waals surface area contributed by atoms with Crippen LogP contribution in [-0.2, 0) is 28.8 Å². The second kappa shape index (κ2) is 19.1. The van der Waals surface area contributed by atoms with E-state index >= 15 is 0 Å². The number of rotatable bonds is 0. The van der Waals surface area contributed by atoms with E-state index in [1.54, 1.807) is 0 Å². The van der Waals surface area contributed by atoms with Gasteiger partial charge in [-0.1, -0.05) is 0 Å². The van der Waals surface area contributed by atoms with E-state index in [-0.39, 0.29) is 103 Å². The minimum Gasteiger partial charge on any atom is -0.543 e. The molecule has 0 rings (SSSR count). The quantitative estimate of drug-likeness (QED) is 0.294. The summed E-state index contributed by atoms with van der Waals surface area (Å²) in [7, 11) is 0. The number of carbonyl (C=O) groups excluding carboxylic acids is 6. The van der Waals surface area contributed by atoms with Gasteiger partial charge in [0.2, 0.25) is 0 Å². The average Bonchev–Trinajstić information content (AvgIpc) is 2.18. The summed E-state index contributed by atoms with van der Waals surface area (Å²) in [6.07, 6.45) is 0. The van der Waals surface area contributed by atoms with E-state index in [4.69, 9.17) is 59.4 Å². The van der Waals surface area contributed by atoms with Crippen LogP contribution >= 0.6 is 0 Å². The van der Waals surface area contributed by atoms with Gasteiger partial charge in [0.15, 0.2) is 0 Å². The van der Waals surface area contributed by atoms with Crippen molar-refractivity contribution < 1.29 is 59.4 Å². The van der Waals surface area contributed by atoms with Gasteiger partial charge in [0.05, 0.1) is 35.8 Å². The van der Waals surface area contributed by atoms with Crippen molar-refractivity contribution in [2.75, 3.05) is 0 Å². The fraction of sp³-hybridized carbons (Fsp3) is 0. The summed E-state index contributed by atoms with van der Waals surface area (Å²) in [4.78, 5) is 53.6. The Morgan fingerprint density at radius 1 is 0.350 bits per heavy atom. The Hall–Kier alpha value is 0.0927. The summed E-state index contributed by atoms with van der Waals surface area (Å²) in [6.45, 7) is 0. The molecule has 0 fully saturated rings. The van der Waals surface area contributed by atoms with E-state index in [2.05, 4.69) is 0 Å². The van der Waals surface area contributed by atoms with Crippen LogP contribution < -0.4 is 30.6 Å². The molecule has 0 aromatic rings. The number of hydrogen-bond acceptors (Lipinski definition) is 12. The minimum absolute atomic E-state index is 0. The molecule has 12 nitrogen and oxygen atoms in total. The van der Waals surface area contributed by atoms with Crippen LogP contribution in [0.15, 0.2) is 0 Å². The third-order valence-electron chi connectivity index (χ3n) is 0.500. The zero-order chi connectivity index (χ0) is 15.5. The summed E-state index contributed by atoms with van der Waals surface area (Å²) in [6, 6.07) is 0. The SMILES string of the molecule is O=C([O-])C(=O)[O-].O=C([O-])C(=O)[O-].O=C([O-])C(=O)[O-].[K+3].[K+3]. The van der Waals surface area contributed by atoms with Crippen LogP contribution in [0.4, 0.5) is 0 Å². The van der Waals surface area contributed by atoms with Gasteiger partial charge in [0.25, 0.3) is 0 Å². The molecular formula is C6K2O12. The number of carboxylic acids is 6. The summed E-state index contributed by atoms with van der Waals surface area (Å²) in [5, 5.41) is 53.6. The maximum Gasteiger partial charge on any atom is 3.00 e. The molecule has 14 heteroatoms. The zero-order valence-electron chi connectivity index (χ0n) is 9.90. The van der Waals surface area contributed by atoms with Gasteiger partial charge < -0.3 is 59.4 Å². The Morgan fingerprint density at radius 2 is 0.400 bits per heavy atom. The van der Waals surface area contributed by atoms with Crippen molar-refractivity contribution in [3.63, 3.8) is 0 Å². The topological polar surface area (TPSA) is 241 Å². The molecular weight excluding hydrogens is 342 g/mol. The Morgan fingerprint density at radius 3 is 0.400 bits per heavy atom. The van der Waals surface area contributed by atoms with E-state index in [9.17, 15) is 0 Å². The first-order valence-electron chi connectivity index (χ1n) is 3.20. The van der Waals surface area contributed by atoms with Gasteiger partial charge in [-0.15, -0.1) is 0 Å². The molecule has 0 amide bonds. The maximum absolute atomic E-state index is 8.93. The Kier molecular flexibility index (Phi) is 30.7. The second-order valence-corrected chi connectivity index (χ2v) is 1.72. The smallest absolute Gasteiger partial charge is 0.543 e.